The molecule has 0 aromatic carbocycles. The lowest BCUT2D eigenvalue weighted by Crippen LogP contribution is -2.34. The zero-order valence-electron chi connectivity index (χ0n) is 12.0. The van der Waals surface area contributed by atoms with E-state index < -0.39 is 14.8 Å². The first-order valence-electron chi connectivity index (χ1n) is 6.83. The van der Waals surface area contributed by atoms with E-state index in [4.69, 9.17) is 7.58 Å². The summed E-state index contributed by atoms with van der Waals surface area (Å²) in [7, 11) is 0. The summed E-state index contributed by atoms with van der Waals surface area (Å²) in [6, 6.07) is 0. The summed E-state index contributed by atoms with van der Waals surface area (Å²) < 4.78 is 11.7. The number of nitrogens with zero attached hydrogens (tertiary/aromatic N) is 2. The van der Waals surface area contributed by atoms with Gasteiger partial charge in [0, 0.05) is 60.0 Å². The molecule has 0 atom stereocenters. The quantitative estimate of drug-likeness (QED) is 0.601. The van der Waals surface area contributed by atoms with Crippen molar-refractivity contribution in [1.82, 2.24) is 9.80 Å². The zero-order chi connectivity index (χ0) is 14.0. The average molecular weight is 371 g/mol. The highest BCUT2D eigenvalue weighted by atomic mass is 32.2. The summed E-state index contributed by atoms with van der Waals surface area (Å²) in [4.78, 5) is 4.89. The fraction of sp³-hybridized carbons (Fsp3) is 1.00. The maximum absolute atomic E-state index is 5.86. The molecule has 2 aliphatic heterocycles. The Morgan fingerprint density at radius 3 is 1.60 bits per heavy atom. The second-order valence-electron chi connectivity index (χ2n) is 4.67. The van der Waals surface area contributed by atoms with Gasteiger partial charge in [-0.15, -0.1) is 47.0 Å². The summed E-state index contributed by atoms with van der Waals surface area (Å²) in [6.07, 6.45) is 0. The minimum atomic E-state index is -1.43. The number of hydrogen-bond donors (Lipinski definition) is 0. The summed E-state index contributed by atoms with van der Waals surface area (Å²) in [5.74, 6) is 6.74. The van der Waals surface area contributed by atoms with Crippen LogP contribution >= 0.6 is 47.0 Å². The van der Waals surface area contributed by atoms with E-state index in [1.807, 2.05) is 47.0 Å². The average Bonchev–Trinajstić information content (AvgIpc) is 2.49. The molecular formula is C11H23AlN2O2S4. The van der Waals surface area contributed by atoms with Crippen LogP contribution in [0.2, 0.25) is 5.79 Å². The highest BCUT2D eigenvalue weighted by molar-refractivity contribution is 8.16. The van der Waals surface area contributed by atoms with Gasteiger partial charge in [0.25, 0.3) is 0 Å². The van der Waals surface area contributed by atoms with Crippen LogP contribution in [0.1, 0.15) is 0 Å². The highest BCUT2D eigenvalue weighted by Crippen LogP contribution is 2.21. The molecule has 0 aromatic rings. The van der Waals surface area contributed by atoms with Crippen molar-refractivity contribution in [1.29, 1.82) is 0 Å². The molecule has 0 aliphatic carbocycles. The van der Waals surface area contributed by atoms with Crippen molar-refractivity contribution < 1.29 is 7.58 Å². The maximum Gasteiger partial charge on any atom is 0.671 e. The summed E-state index contributed by atoms with van der Waals surface area (Å²) in [5.41, 5.74) is 0. The topological polar surface area (TPSA) is 24.9 Å². The predicted molar refractivity (Wildman–Crippen MR) is 96.5 cm³/mol. The van der Waals surface area contributed by atoms with E-state index in [9.17, 15) is 0 Å². The van der Waals surface area contributed by atoms with Gasteiger partial charge >= 0.3 is 14.8 Å². The minimum Gasteiger partial charge on any atom is -0.477 e. The summed E-state index contributed by atoms with van der Waals surface area (Å²) in [6.45, 7) is 3.73. The number of rotatable bonds is 8. The molecule has 0 bridgehead atoms. The largest absolute Gasteiger partial charge is 0.671 e. The lowest BCUT2D eigenvalue weighted by atomic mass is 10.6. The maximum atomic E-state index is 5.86. The van der Waals surface area contributed by atoms with Gasteiger partial charge in [-0.1, -0.05) is 5.79 Å². The molecule has 2 rings (SSSR count). The lowest BCUT2D eigenvalue weighted by Gasteiger charge is -2.26. The molecule has 0 unspecified atom stereocenters. The predicted octanol–water partition coefficient (Wildman–Crippen LogP) is 2.45. The van der Waals surface area contributed by atoms with Crippen LogP contribution in [0.25, 0.3) is 0 Å². The minimum absolute atomic E-state index is 0.823. The Kier molecular flexibility index (Phi) is 10.3. The molecule has 0 N–H and O–H groups in total. The highest BCUT2D eigenvalue weighted by Gasteiger charge is 2.19. The molecule has 2 aliphatic rings. The number of thioether (sulfide) groups is 4. The van der Waals surface area contributed by atoms with Gasteiger partial charge in [-0.05, 0) is 0 Å². The molecule has 4 nitrogen and oxygen atoms in total. The third-order valence-corrected chi connectivity index (χ3v) is 9.22. The van der Waals surface area contributed by atoms with Crippen molar-refractivity contribution >= 4 is 61.9 Å². The van der Waals surface area contributed by atoms with Crippen molar-refractivity contribution in [3.05, 3.63) is 0 Å². The van der Waals surface area contributed by atoms with Gasteiger partial charge in [0.2, 0.25) is 0 Å². The molecule has 0 aromatic heterocycles. The summed E-state index contributed by atoms with van der Waals surface area (Å²) >= 11 is 6.56. The van der Waals surface area contributed by atoms with E-state index in [2.05, 4.69) is 15.6 Å². The van der Waals surface area contributed by atoms with Crippen LogP contribution in [0, 0.1) is 0 Å². The molecule has 2 saturated heterocycles. The third-order valence-electron chi connectivity index (χ3n) is 2.95. The van der Waals surface area contributed by atoms with E-state index in [1.165, 1.54) is 10.2 Å². The molecular weight excluding hydrogens is 347 g/mol. The van der Waals surface area contributed by atoms with E-state index >= 15 is 0 Å². The van der Waals surface area contributed by atoms with Crippen LogP contribution in [0.5, 0.6) is 0 Å². The lowest BCUT2D eigenvalue weighted by molar-refractivity contribution is 0.168. The Labute approximate surface area is 144 Å². The van der Waals surface area contributed by atoms with E-state index in [1.54, 1.807) is 0 Å². The monoisotopic (exact) mass is 370 g/mol. The fourth-order valence-electron chi connectivity index (χ4n) is 1.86. The Balaban J connectivity index is 1.44. The van der Waals surface area contributed by atoms with Crippen molar-refractivity contribution in [2.24, 2.45) is 0 Å². The molecule has 0 saturated carbocycles. The Morgan fingerprint density at radius 2 is 1.20 bits per heavy atom. The van der Waals surface area contributed by atoms with Crippen LogP contribution in [0.4, 0.5) is 0 Å². The van der Waals surface area contributed by atoms with Gasteiger partial charge in [0.1, 0.15) is 0 Å². The van der Waals surface area contributed by atoms with Gasteiger partial charge in [-0.25, -0.2) is 0 Å². The third kappa shape index (κ3) is 7.86. The van der Waals surface area contributed by atoms with Crippen LogP contribution < -0.4 is 0 Å². The normalized spacial score (nSPS) is 22.1. The van der Waals surface area contributed by atoms with Crippen molar-refractivity contribution in [2.75, 3.05) is 60.0 Å². The van der Waals surface area contributed by atoms with Crippen LogP contribution in [-0.4, -0.2) is 84.6 Å². The first-order chi connectivity index (χ1) is 9.84. The van der Waals surface area contributed by atoms with Crippen molar-refractivity contribution in [3.63, 3.8) is 0 Å². The Morgan fingerprint density at radius 1 is 0.800 bits per heavy atom. The molecule has 116 valence electrons. The Hall–Kier alpha value is 1.77. The van der Waals surface area contributed by atoms with Gasteiger partial charge in [0.05, 0.1) is 0 Å². The van der Waals surface area contributed by atoms with Gasteiger partial charge < -0.3 is 7.58 Å². The smallest absolute Gasteiger partial charge is 0.477 e. The molecule has 0 amide bonds. The second-order valence-corrected chi connectivity index (χ2v) is 11.0. The molecule has 2 heterocycles. The van der Waals surface area contributed by atoms with E-state index in [0.717, 1.165) is 49.8 Å². The van der Waals surface area contributed by atoms with E-state index in [0.29, 0.717) is 0 Å². The summed E-state index contributed by atoms with van der Waals surface area (Å²) in [5, 5.41) is 2.47. The van der Waals surface area contributed by atoms with Gasteiger partial charge in [-0.2, -0.15) is 0 Å². The van der Waals surface area contributed by atoms with Gasteiger partial charge in [-0.3, -0.25) is 9.80 Å². The van der Waals surface area contributed by atoms with Crippen molar-refractivity contribution in [2.45, 2.75) is 5.79 Å². The van der Waals surface area contributed by atoms with Gasteiger partial charge in [0.15, 0.2) is 0 Å². The Bertz CT molecular complexity index is 233. The SMILES string of the molecule is [CH3][Al]([O]CCN1CSCSC1)[O]CCN1CSCSC1. The van der Waals surface area contributed by atoms with Crippen LogP contribution in [0.3, 0.4) is 0 Å². The molecule has 9 heteroatoms. The molecule has 2 fully saturated rings. The zero-order valence-corrected chi connectivity index (χ0v) is 16.4. The number of hydrogen-bond acceptors (Lipinski definition) is 8. The fourth-order valence-corrected chi connectivity index (χ4v) is 7.11. The first kappa shape index (κ1) is 18.1. The molecule has 0 radical (unpaired) electrons. The molecule has 0 spiro atoms. The van der Waals surface area contributed by atoms with Crippen LogP contribution in [0.15, 0.2) is 0 Å². The van der Waals surface area contributed by atoms with Crippen molar-refractivity contribution in [3.8, 4) is 0 Å². The van der Waals surface area contributed by atoms with Crippen LogP contribution in [-0.2, 0) is 7.58 Å². The standard InChI is InChI=1S/2C5H10NOS2.CH3.Al/c2*7-2-1-6-3-8-5-9-4-6;;/h2*1-5H2;1H3;/q2*-1;;+2. The second kappa shape index (κ2) is 11.3. The molecule has 20 heavy (non-hydrogen) atoms. The van der Waals surface area contributed by atoms with E-state index in [-0.39, 0.29) is 0 Å². The first-order valence-corrected chi connectivity index (χ1v) is 13.5.